The molecule has 1 heterocycles. The van der Waals surface area contributed by atoms with Crippen LogP contribution in [0.15, 0.2) is 59.2 Å². The molecule has 0 bridgehead atoms. The van der Waals surface area contributed by atoms with Gasteiger partial charge >= 0.3 is 0 Å². The van der Waals surface area contributed by atoms with Crippen LogP contribution < -0.4 is 5.14 Å². The van der Waals surface area contributed by atoms with Gasteiger partial charge in [-0.1, -0.05) is 48.0 Å². The first-order chi connectivity index (χ1) is 11.4. The van der Waals surface area contributed by atoms with Crippen LogP contribution in [0.3, 0.4) is 0 Å². The number of carbonyl (C=O) groups excluding carboxylic acids is 1. The molecule has 0 amide bonds. The van der Waals surface area contributed by atoms with Gasteiger partial charge in [0.05, 0.1) is 11.5 Å². The summed E-state index contributed by atoms with van der Waals surface area (Å²) in [6.07, 6.45) is 0.280. The molecule has 0 radical (unpaired) electrons. The average molecular weight is 343 g/mol. The van der Waals surface area contributed by atoms with E-state index in [1.807, 2.05) is 31.2 Å². The monoisotopic (exact) mass is 343 g/mol. The van der Waals surface area contributed by atoms with Crippen LogP contribution in [0.4, 0.5) is 0 Å². The summed E-state index contributed by atoms with van der Waals surface area (Å²) in [7, 11) is -3.94. The van der Waals surface area contributed by atoms with Gasteiger partial charge in [0.25, 0.3) is 0 Å². The first-order valence-electron chi connectivity index (χ1n) is 7.47. The van der Waals surface area contributed by atoms with Crippen LogP contribution in [0.25, 0.3) is 5.57 Å². The Morgan fingerprint density at radius 2 is 1.75 bits per heavy atom. The van der Waals surface area contributed by atoms with Crippen molar-refractivity contribution >= 4 is 21.4 Å². The van der Waals surface area contributed by atoms with Gasteiger partial charge in [-0.05, 0) is 18.6 Å². The second-order valence-electron chi connectivity index (χ2n) is 5.63. The number of nitrogens with two attached hydrogens (primary N) is 1. The SMILES string of the molecule is Cc1ccc(/C(=C2\OCCC2=O)c2ccccc2S(N)(=O)=O)cc1. The molecule has 0 spiro atoms. The van der Waals surface area contributed by atoms with Crippen molar-refractivity contribution < 1.29 is 17.9 Å². The molecule has 5 nitrogen and oxygen atoms in total. The summed E-state index contributed by atoms with van der Waals surface area (Å²) >= 11 is 0. The molecule has 2 aromatic carbocycles. The standard InChI is InChI=1S/C18H17NO4S/c1-12-6-8-13(9-7-12)17(18-15(20)10-11-23-18)14-4-2-3-5-16(14)24(19,21)22/h2-9H,10-11H2,1H3,(H2,19,21,22)/b18-17+. The third-order valence-corrected chi connectivity index (χ3v) is 4.83. The number of carbonyl (C=O) groups is 1. The van der Waals surface area contributed by atoms with Gasteiger partial charge in [0.15, 0.2) is 5.76 Å². The number of benzene rings is 2. The predicted octanol–water partition coefficient (Wildman–Crippen LogP) is 2.39. The maximum absolute atomic E-state index is 12.2. The summed E-state index contributed by atoms with van der Waals surface area (Å²) in [6.45, 7) is 2.24. The lowest BCUT2D eigenvalue weighted by molar-refractivity contribution is -0.115. The summed E-state index contributed by atoms with van der Waals surface area (Å²) in [5, 5.41) is 5.35. The smallest absolute Gasteiger partial charge is 0.238 e. The fourth-order valence-electron chi connectivity index (χ4n) is 2.70. The maximum atomic E-state index is 12.2. The lowest BCUT2D eigenvalue weighted by Gasteiger charge is -2.15. The van der Waals surface area contributed by atoms with Gasteiger partial charge in [-0.15, -0.1) is 0 Å². The molecule has 1 aliphatic rings. The fourth-order valence-corrected chi connectivity index (χ4v) is 3.45. The first-order valence-corrected chi connectivity index (χ1v) is 9.02. The Balaban J connectivity index is 2.33. The molecule has 0 atom stereocenters. The zero-order valence-electron chi connectivity index (χ0n) is 13.2. The number of hydrogen-bond acceptors (Lipinski definition) is 4. The lowest BCUT2D eigenvalue weighted by atomic mass is 9.94. The van der Waals surface area contributed by atoms with E-state index in [4.69, 9.17) is 9.88 Å². The van der Waals surface area contributed by atoms with Gasteiger partial charge in [0.1, 0.15) is 0 Å². The highest BCUT2D eigenvalue weighted by Gasteiger charge is 2.28. The van der Waals surface area contributed by atoms with E-state index >= 15 is 0 Å². The normalized spacial score (nSPS) is 16.8. The van der Waals surface area contributed by atoms with Crippen molar-refractivity contribution in [3.8, 4) is 0 Å². The quantitative estimate of drug-likeness (QED) is 0.867. The van der Waals surface area contributed by atoms with Gasteiger partial charge in [0, 0.05) is 17.6 Å². The zero-order valence-corrected chi connectivity index (χ0v) is 14.0. The number of Topliss-reactive ketones (excluding diaryl/α,β-unsaturated/α-hetero) is 1. The molecule has 124 valence electrons. The van der Waals surface area contributed by atoms with Crippen molar-refractivity contribution in [2.45, 2.75) is 18.2 Å². The molecule has 0 aromatic heterocycles. The van der Waals surface area contributed by atoms with E-state index < -0.39 is 10.0 Å². The third kappa shape index (κ3) is 3.11. The van der Waals surface area contributed by atoms with Crippen molar-refractivity contribution in [3.05, 3.63) is 71.0 Å². The Bertz CT molecular complexity index is 928. The lowest BCUT2D eigenvalue weighted by Crippen LogP contribution is -2.15. The van der Waals surface area contributed by atoms with E-state index in [0.717, 1.165) is 5.56 Å². The molecule has 0 unspecified atom stereocenters. The third-order valence-electron chi connectivity index (χ3n) is 3.86. The minimum Gasteiger partial charge on any atom is -0.489 e. The molecular formula is C18H17NO4S. The van der Waals surface area contributed by atoms with Crippen LogP contribution in [0.2, 0.25) is 0 Å². The van der Waals surface area contributed by atoms with E-state index in [1.165, 1.54) is 6.07 Å². The van der Waals surface area contributed by atoms with Gasteiger partial charge in [-0.3, -0.25) is 4.79 Å². The number of sulfonamides is 1. The Labute approximate surface area is 140 Å². The van der Waals surface area contributed by atoms with Gasteiger partial charge in [-0.25, -0.2) is 13.6 Å². The molecule has 2 aromatic rings. The summed E-state index contributed by atoms with van der Waals surface area (Å²) in [6, 6.07) is 13.8. The van der Waals surface area contributed by atoms with Crippen molar-refractivity contribution in [1.29, 1.82) is 0 Å². The van der Waals surface area contributed by atoms with Crippen molar-refractivity contribution in [2.24, 2.45) is 5.14 Å². The van der Waals surface area contributed by atoms with Gasteiger partial charge in [0.2, 0.25) is 15.8 Å². The molecule has 2 N–H and O–H groups in total. The van der Waals surface area contributed by atoms with Crippen LogP contribution >= 0.6 is 0 Å². The van der Waals surface area contributed by atoms with E-state index in [0.29, 0.717) is 23.3 Å². The van der Waals surface area contributed by atoms with E-state index in [-0.39, 0.29) is 22.9 Å². The number of ether oxygens (including phenoxy) is 1. The van der Waals surface area contributed by atoms with Crippen LogP contribution in [0.1, 0.15) is 23.1 Å². The minimum atomic E-state index is -3.94. The first kappa shape index (κ1) is 16.4. The molecule has 1 fully saturated rings. The maximum Gasteiger partial charge on any atom is 0.238 e. The van der Waals surface area contributed by atoms with Crippen LogP contribution in [0, 0.1) is 6.92 Å². The molecule has 3 rings (SSSR count). The largest absolute Gasteiger partial charge is 0.489 e. The Kier molecular flexibility index (Phi) is 4.26. The Morgan fingerprint density at radius 3 is 2.33 bits per heavy atom. The molecule has 1 saturated heterocycles. The molecule has 0 aliphatic carbocycles. The second kappa shape index (κ2) is 6.22. The van der Waals surface area contributed by atoms with E-state index in [2.05, 4.69) is 0 Å². The van der Waals surface area contributed by atoms with Crippen LogP contribution in [0.5, 0.6) is 0 Å². The van der Waals surface area contributed by atoms with E-state index in [9.17, 15) is 13.2 Å². The number of aryl methyl sites for hydroxylation is 1. The minimum absolute atomic E-state index is 0.0311. The van der Waals surface area contributed by atoms with Crippen molar-refractivity contribution in [3.63, 3.8) is 0 Å². The number of allylic oxidation sites excluding steroid dienone is 1. The van der Waals surface area contributed by atoms with Gasteiger partial charge in [-0.2, -0.15) is 0 Å². The average Bonchev–Trinajstić information content (AvgIpc) is 2.95. The number of rotatable bonds is 3. The highest BCUT2D eigenvalue weighted by Crippen LogP contribution is 2.34. The summed E-state index contributed by atoms with van der Waals surface area (Å²) < 4.78 is 29.5. The van der Waals surface area contributed by atoms with Crippen molar-refractivity contribution in [2.75, 3.05) is 6.61 Å². The van der Waals surface area contributed by atoms with Crippen LogP contribution in [-0.2, 0) is 19.6 Å². The van der Waals surface area contributed by atoms with Gasteiger partial charge < -0.3 is 4.74 Å². The number of hydrogen-bond donors (Lipinski definition) is 1. The highest BCUT2D eigenvalue weighted by molar-refractivity contribution is 7.89. The highest BCUT2D eigenvalue weighted by atomic mass is 32.2. The molecular weight excluding hydrogens is 326 g/mol. The predicted molar refractivity (Wildman–Crippen MR) is 90.6 cm³/mol. The molecule has 1 aliphatic heterocycles. The Hall–Kier alpha value is -2.44. The topological polar surface area (TPSA) is 86.5 Å². The molecule has 0 saturated carbocycles. The summed E-state index contributed by atoms with van der Waals surface area (Å²) in [4.78, 5) is 12.2. The second-order valence-corrected chi connectivity index (χ2v) is 7.16. The molecule has 24 heavy (non-hydrogen) atoms. The Morgan fingerprint density at radius 1 is 1.08 bits per heavy atom. The van der Waals surface area contributed by atoms with E-state index in [1.54, 1.807) is 18.2 Å². The summed E-state index contributed by atoms with van der Waals surface area (Å²) in [5.74, 6) is 0.0461. The zero-order chi connectivity index (χ0) is 17.3. The van der Waals surface area contributed by atoms with Crippen LogP contribution in [-0.4, -0.2) is 20.8 Å². The van der Waals surface area contributed by atoms with Crippen molar-refractivity contribution in [1.82, 2.24) is 0 Å². The number of ketones is 1. The fraction of sp³-hybridized carbons (Fsp3) is 0.167. The summed E-state index contributed by atoms with van der Waals surface area (Å²) in [5.41, 5.74) is 2.60. The molecule has 6 heteroatoms. The number of primary sulfonamides is 1.